The maximum absolute atomic E-state index is 14.4. The minimum absolute atomic E-state index is 0.0562. The first-order valence-electron chi connectivity index (χ1n) is 10.5. The lowest BCUT2D eigenvalue weighted by atomic mass is 10.1. The molecule has 0 fully saturated rings. The number of rotatable bonds is 5. The molecule has 1 aromatic carbocycles. The van der Waals surface area contributed by atoms with Gasteiger partial charge in [0.25, 0.3) is 0 Å². The molecule has 0 spiro atoms. The minimum atomic E-state index is -0.616. The standard InChI is InChI=1S/C23H25FN8O2/c1-14-20(12-27-32(14)23(2,3)4)29-21(33)28-19-10-16(6-7-17(19)24)34-22-25-9-8-18(30-22)15-11-26-31(5)13-15/h6-13H,1-5H3,(H2,28,29,33). The lowest BCUT2D eigenvalue weighted by molar-refractivity contribution is 0.262. The summed E-state index contributed by atoms with van der Waals surface area (Å²) in [5, 5.41) is 13.7. The number of aryl methyl sites for hydroxylation is 1. The summed E-state index contributed by atoms with van der Waals surface area (Å²) in [6.45, 7) is 7.87. The van der Waals surface area contributed by atoms with Crippen LogP contribution in [0.4, 0.5) is 20.6 Å². The van der Waals surface area contributed by atoms with Crippen molar-refractivity contribution in [2.45, 2.75) is 33.2 Å². The molecule has 4 aromatic rings. The highest BCUT2D eigenvalue weighted by atomic mass is 19.1. The van der Waals surface area contributed by atoms with E-state index in [1.54, 1.807) is 34.0 Å². The Morgan fingerprint density at radius 1 is 1.09 bits per heavy atom. The number of amides is 2. The van der Waals surface area contributed by atoms with E-state index in [1.807, 2.05) is 40.9 Å². The van der Waals surface area contributed by atoms with Gasteiger partial charge in [-0.3, -0.25) is 9.36 Å². The maximum Gasteiger partial charge on any atom is 0.323 e. The Morgan fingerprint density at radius 3 is 2.53 bits per heavy atom. The molecule has 10 nitrogen and oxygen atoms in total. The first-order valence-corrected chi connectivity index (χ1v) is 10.5. The van der Waals surface area contributed by atoms with Crippen LogP contribution >= 0.6 is 0 Å². The van der Waals surface area contributed by atoms with E-state index in [9.17, 15) is 9.18 Å². The number of carbonyl (C=O) groups is 1. The number of halogens is 1. The number of hydrogen-bond acceptors (Lipinski definition) is 6. The van der Waals surface area contributed by atoms with Gasteiger partial charge in [0, 0.05) is 31.1 Å². The van der Waals surface area contributed by atoms with Gasteiger partial charge in [0.2, 0.25) is 0 Å². The van der Waals surface area contributed by atoms with Crippen molar-refractivity contribution < 1.29 is 13.9 Å². The van der Waals surface area contributed by atoms with Crippen LogP contribution in [0.2, 0.25) is 0 Å². The van der Waals surface area contributed by atoms with Gasteiger partial charge >= 0.3 is 12.0 Å². The Hall–Kier alpha value is -4.28. The second-order valence-electron chi connectivity index (χ2n) is 8.68. The van der Waals surface area contributed by atoms with Crippen LogP contribution < -0.4 is 15.4 Å². The number of benzene rings is 1. The minimum Gasteiger partial charge on any atom is -0.424 e. The van der Waals surface area contributed by atoms with Crippen molar-refractivity contribution in [3.05, 3.63) is 60.6 Å². The predicted molar refractivity (Wildman–Crippen MR) is 125 cm³/mol. The molecular weight excluding hydrogens is 439 g/mol. The molecule has 0 saturated carbocycles. The Kier molecular flexibility index (Phi) is 6.01. The summed E-state index contributed by atoms with van der Waals surface area (Å²) in [5.41, 5.74) is 2.45. The molecule has 0 aliphatic rings. The fourth-order valence-corrected chi connectivity index (χ4v) is 3.36. The molecule has 11 heteroatoms. The SMILES string of the molecule is Cc1c(NC(=O)Nc2cc(Oc3nccc(-c4cnn(C)c4)n3)ccc2F)cnn1C(C)(C)C. The molecule has 34 heavy (non-hydrogen) atoms. The molecule has 0 radical (unpaired) electrons. The van der Waals surface area contributed by atoms with Crippen LogP contribution in [0.5, 0.6) is 11.8 Å². The van der Waals surface area contributed by atoms with E-state index in [2.05, 4.69) is 30.8 Å². The third kappa shape index (κ3) is 5.03. The van der Waals surface area contributed by atoms with E-state index >= 15 is 0 Å². The Balaban J connectivity index is 1.48. The summed E-state index contributed by atoms with van der Waals surface area (Å²) < 4.78 is 23.5. The van der Waals surface area contributed by atoms with Crippen molar-refractivity contribution >= 4 is 17.4 Å². The number of carbonyl (C=O) groups excluding carboxylic acids is 1. The Morgan fingerprint density at radius 2 is 1.85 bits per heavy atom. The zero-order chi connectivity index (χ0) is 24.5. The van der Waals surface area contributed by atoms with Crippen LogP contribution in [-0.4, -0.2) is 35.6 Å². The normalized spacial score (nSPS) is 11.4. The molecule has 2 N–H and O–H groups in total. The molecule has 3 heterocycles. The summed E-state index contributed by atoms with van der Waals surface area (Å²) >= 11 is 0. The van der Waals surface area contributed by atoms with Crippen molar-refractivity contribution in [3.63, 3.8) is 0 Å². The molecule has 0 unspecified atom stereocenters. The third-order valence-electron chi connectivity index (χ3n) is 4.92. The van der Waals surface area contributed by atoms with Gasteiger partial charge in [-0.05, 0) is 45.9 Å². The van der Waals surface area contributed by atoms with Gasteiger partial charge < -0.3 is 15.4 Å². The van der Waals surface area contributed by atoms with E-state index in [1.165, 1.54) is 18.2 Å². The molecule has 2 amide bonds. The predicted octanol–water partition coefficient (Wildman–Crippen LogP) is 4.71. The number of hydrogen-bond donors (Lipinski definition) is 2. The molecule has 0 aliphatic heterocycles. The number of nitrogens with one attached hydrogen (secondary N) is 2. The van der Waals surface area contributed by atoms with Gasteiger partial charge in [0.15, 0.2) is 0 Å². The average molecular weight is 465 g/mol. The maximum atomic E-state index is 14.4. The monoisotopic (exact) mass is 464 g/mol. The van der Waals surface area contributed by atoms with E-state index in [0.29, 0.717) is 11.4 Å². The van der Waals surface area contributed by atoms with E-state index < -0.39 is 11.8 Å². The van der Waals surface area contributed by atoms with Gasteiger partial charge in [-0.1, -0.05) is 0 Å². The van der Waals surface area contributed by atoms with Crippen LogP contribution in [0, 0.1) is 12.7 Å². The lowest BCUT2D eigenvalue weighted by Crippen LogP contribution is -2.25. The van der Waals surface area contributed by atoms with Crippen molar-refractivity contribution in [2.24, 2.45) is 7.05 Å². The van der Waals surface area contributed by atoms with Crippen LogP contribution in [0.25, 0.3) is 11.3 Å². The molecule has 0 saturated heterocycles. The average Bonchev–Trinajstić information content (AvgIpc) is 3.36. The summed E-state index contributed by atoms with van der Waals surface area (Å²) in [7, 11) is 1.81. The zero-order valence-electron chi connectivity index (χ0n) is 19.5. The summed E-state index contributed by atoms with van der Waals surface area (Å²) in [5.74, 6) is -0.355. The third-order valence-corrected chi connectivity index (χ3v) is 4.92. The van der Waals surface area contributed by atoms with E-state index in [0.717, 1.165) is 11.3 Å². The van der Waals surface area contributed by atoms with Crippen molar-refractivity contribution in [2.75, 3.05) is 10.6 Å². The number of nitrogens with zero attached hydrogens (tertiary/aromatic N) is 6. The largest absolute Gasteiger partial charge is 0.424 e. The first kappa shape index (κ1) is 22.9. The smallest absolute Gasteiger partial charge is 0.323 e. The molecular formula is C23H25FN8O2. The van der Waals surface area contributed by atoms with Gasteiger partial charge in [-0.15, -0.1) is 0 Å². The molecule has 3 aromatic heterocycles. The second kappa shape index (κ2) is 8.93. The van der Waals surface area contributed by atoms with Crippen LogP contribution in [-0.2, 0) is 12.6 Å². The van der Waals surface area contributed by atoms with Crippen molar-refractivity contribution in [1.29, 1.82) is 0 Å². The van der Waals surface area contributed by atoms with Gasteiger partial charge in [-0.25, -0.2) is 14.2 Å². The number of anilines is 2. The van der Waals surface area contributed by atoms with Crippen LogP contribution in [0.3, 0.4) is 0 Å². The number of ether oxygens (including phenoxy) is 1. The van der Waals surface area contributed by atoms with Crippen LogP contribution in [0.1, 0.15) is 26.5 Å². The fourth-order valence-electron chi connectivity index (χ4n) is 3.36. The molecule has 0 atom stereocenters. The van der Waals surface area contributed by atoms with Gasteiger partial charge in [0.05, 0.1) is 40.7 Å². The lowest BCUT2D eigenvalue weighted by Gasteiger charge is -2.21. The van der Waals surface area contributed by atoms with Gasteiger partial charge in [0.1, 0.15) is 11.6 Å². The topological polar surface area (TPSA) is 112 Å². The fraction of sp³-hybridized carbons (Fsp3) is 0.261. The van der Waals surface area contributed by atoms with Crippen molar-refractivity contribution in [3.8, 4) is 23.0 Å². The summed E-state index contributed by atoms with van der Waals surface area (Å²) in [4.78, 5) is 21.0. The highest BCUT2D eigenvalue weighted by Gasteiger charge is 2.19. The summed E-state index contributed by atoms with van der Waals surface area (Å²) in [6.07, 6.45) is 6.61. The van der Waals surface area contributed by atoms with E-state index in [-0.39, 0.29) is 23.0 Å². The van der Waals surface area contributed by atoms with Crippen molar-refractivity contribution in [1.82, 2.24) is 29.5 Å². The number of urea groups is 1. The molecule has 176 valence electrons. The van der Waals surface area contributed by atoms with Gasteiger partial charge in [-0.2, -0.15) is 15.2 Å². The summed E-state index contributed by atoms with van der Waals surface area (Å²) in [6, 6.07) is 5.18. The quantitative estimate of drug-likeness (QED) is 0.442. The second-order valence-corrected chi connectivity index (χ2v) is 8.68. The molecule has 0 bridgehead atoms. The molecule has 4 rings (SSSR count). The van der Waals surface area contributed by atoms with E-state index in [4.69, 9.17) is 4.74 Å². The Bertz CT molecular complexity index is 1340. The molecule has 0 aliphatic carbocycles. The zero-order valence-corrected chi connectivity index (χ0v) is 19.5. The number of aromatic nitrogens is 6. The van der Waals surface area contributed by atoms with Crippen LogP contribution in [0.15, 0.2) is 49.1 Å². The Labute approximate surface area is 195 Å². The first-order chi connectivity index (χ1) is 16.1. The highest BCUT2D eigenvalue weighted by molar-refractivity contribution is 6.00. The highest BCUT2D eigenvalue weighted by Crippen LogP contribution is 2.27.